The van der Waals surface area contributed by atoms with E-state index in [1.54, 1.807) is 13.8 Å². The fourth-order valence-corrected chi connectivity index (χ4v) is 6.90. The Morgan fingerprint density at radius 2 is 1.64 bits per heavy atom. The molecule has 264 valence electrons. The molecule has 2 fully saturated rings. The topological polar surface area (TPSA) is 192 Å². The summed E-state index contributed by atoms with van der Waals surface area (Å²) in [5.74, 6) is -5.39. The molecule has 9 atom stereocenters. The molecule has 13 nitrogen and oxygen atoms in total. The van der Waals surface area contributed by atoms with E-state index >= 15 is 0 Å². The van der Waals surface area contributed by atoms with Crippen LogP contribution in [0.4, 0.5) is 0 Å². The molecule has 1 aliphatic heterocycles. The molecule has 0 bridgehead atoms. The highest BCUT2D eigenvalue weighted by Gasteiger charge is 2.76. The zero-order chi connectivity index (χ0) is 35.5. The van der Waals surface area contributed by atoms with E-state index in [0.29, 0.717) is 12.8 Å². The van der Waals surface area contributed by atoms with E-state index in [0.717, 1.165) is 26.7 Å². The first-order chi connectivity index (χ1) is 21.9. The predicted molar refractivity (Wildman–Crippen MR) is 165 cm³/mol. The van der Waals surface area contributed by atoms with Crippen molar-refractivity contribution in [1.82, 2.24) is 0 Å². The molecule has 0 amide bonds. The fourth-order valence-electron chi connectivity index (χ4n) is 6.90. The van der Waals surface area contributed by atoms with Gasteiger partial charge in [0.15, 0.2) is 29.5 Å². The number of carbonyl (C=O) groups is 5. The smallest absolute Gasteiger partial charge is 0.341 e. The van der Waals surface area contributed by atoms with Gasteiger partial charge in [0.25, 0.3) is 0 Å². The van der Waals surface area contributed by atoms with Crippen molar-refractivity contribution in [2.24, 2.45) is 5.92 Å². The summed E-state index contributed by atoms with van der Waals surface area (Å²) >= 11 is 0. The van der Waals surface area contributed by atoms with Gasteiger partial charge in [-0.05, 0) is 65.0 Å². The van der Waals surface area contributed by atoms with Gasteiger partial charge in [-0.3, -0.25) is 14.4 Å². The number of allylic oxidation sites excluding steroid dienone is 1. The number of rotatable bonds is 13. The van der Waals surface area contributed by atoms with Crippen LogP contribution < -0.4 is 0 Å². The standard InChI is InChI=1S/C34H50O13/c1-9-12-14-21(36)15-16-24(38)44-28-26-25(19(5)27(28)45-30(39)18(4)11-3)29-34(42,33(8,41)31(40)46-29)22(43-23(37)13-10-2)17-32(26,7)47-20(6)35/h11,21-22,26-29,36,41-42H,9-10,12-17H2,1-8H3/b18-11-/t21-,22-,26+,27-,28-,29-,32-,33+,34+/m0/s1. The number of fused-ring (bicyclic) bond motifs is 3. The number of unbranched alkanes of at least 4 members (excludes halogenated alkanes) is 1. The van der Waals surface area contributed by atoms with Crippen LogP contribution >= 0.6 is 0 Å². The lowest BCUT2D eigenvalue weighted by atomic mass is 9.75. The van der Waals surface area contributed by atoms with E-state index in [9.17, 15) is 39.3 Å². The van der Waals surface area contributed by atoms with Gasteiger partial charge >= 0.3 is 29.8 Å². The number of esters is 5. The molecule has 13 heteroatoms. The van der Waals surface area contributed by atoms with Gasteiger partial charge < -0.3 is 39.0 Å². The normalized spacial score (nSPS) is 34.1. The molecule has 0 unspecified atom stereocenters. The predicted octanol–water partition coefficient (Wildman–Crippen LogP) is 2.90. The quantitative estimate of drug-likeness (QED) is 0.113. The van der Waals surface area contributed by atoms with Crippen molar-refractivity contribution in [1.29, 1.82) is 0 Å². The minimum atomic E-state index is -2.61. The molecule has 0 radical (unpaired) electrons. The number of carbonyl (C=O) groups excluding carboxylic acids is 5. The maximum Gasteiger partial charge on any atom is 0.341 e. The van der Waals surface area contributed by atoms with Crippen LogP contribution in [0, 0.1) is 5.92 Å². The van der Waals surface area contributed by atoms with Crippen LogP contribution in [0.25, 0.3) is 0 Å². The third-order valence-corrected chi connectivity index (χ3v) is 9.60. The minimum absolute atomic E-state index is 0.0453. The highest BCUT2D eigenvalue weighted by molar-refractivity contribution is 5.88. The molecule has 3 aliphatic rings. The number of ether oxygens (including phenoxy) is 5. The lowest BCUT2D eigenvalue weighted by molar-refractivity contribution is -0.212. The van der Waals surface area contributed by atoms with Crippen molar-refractivity contribution in [2.75, 3.05) is 0 Å². The molecule has 1 saturated carbocycles. The van der Waals surface area contributed by atoms with Crippen LogP contribution in [0.5, 0.6) is 0 Å². The number of aliphatic hydroxyl groups is 3. The fraction of sp³-hybridized carbons (Fsp3) is 0.735. The lowest BCUT2D eigenvalue weighted by Gasteiger charge is -2.41. The van der Waals surface area contributed by atoms with Gasteiger partial charge in [0.05, 0.1) is 12.0 Å². The third-order valence-electron chi connectivity index (χ3n) is 9.60. The van der Waals surface area contributed by atoms with Crippen molar-refractivity contribution in [2.45, 2.75) is 154 Å². The monoisotopic (exact) mass is 666 g/mol. The van der Waals surface area contributed by atoms with Crippen molar-refractivity contribution < 1.29 is 63.0 Å². The molecule has 47 heavy (non-hydrogen) atoms. The van der Waals surface area contributed by atoms with Gasteiger partial charge in [0.1, 0.15) is 11.7 Å². The van der Waals surface area contributed by atoms with Crippen molar-refractivity contribution >= 4 is 29.8 Å². The first kappa shape index (κ1) is 38.2. The molecule has 3 N–H and O–H groups in total. The first-order valence-electron chi connectivity index (χ1n) is 16.4. The molecule has 1 saturated heterocycles. The molecular formula is C34H50O13. The van der Waals surface area contributed by atoms with E-state index in [4.69, 9.17) is 23.7 Å². The second-order valence-electron chi connectivity index (χ2n) is 13.2. The Labute approximate surface area is 275 Å². The second kappa shape index (κ2) is 14.9. The highest BCUT2D eigenvalue weighted by Crippen LogP contribution is 2.57. The van der Waals surface area contributed by atoms with Crippen LogP contribution in [-0.2, 0) is 47.7 Å². The maximum atomic E-state index is 13.4. The van der Waals surface area contributed by atoms with Gasteiger partial charge in [-0.25, -0.2) is 9.59 Å². The van der Waals surface area contributed by atoms with Gasteiger partial charge in [0, 0.05) is 31.8 Å². The summed E-state index contributed by atoms with van der Waals surface area (Å²) < 4.78 is 29.2. The van der Waals surface area contributed by atoms with E-state index in [2.05, 4.69) is 0 Å². The first-order valence-corrected chi connectivity index (χ1v) is 16.4. The van der Waals surface area contributed by atoms with Crippen molar-refractivity contribution in [3.05, 3.63) is 22.8 Å². The molecular weight excluding hydrogens is 616 g/mol. The summed E-state index contributed by atoms with van der Waals surface area (Å²) in [5, 5.41) is 34.2. The summed E-state index contributed by atoms with van der Waals surface area (Å²) in [6, 6.07) is 0. The van der Waals surface area contributed by atoms with Gasteiger partial charge in [-0.15, -0.1) is 0 Å². The summed E-state index contributed by atoms with van der Waals surface area (Å²) in [6.45, 7) is 12.1. The summed E-state index contributed by atoms with van der Waals surface area (Å²) in [5.41, 5.74) is -6.38. The Hall–Kier alpha value is -3.29. The Kier molecular flexibility index (Phi) is 12.1. The summed E-state index contributed by atoms with van der Waals surface area (Å²) in [4.78, 5) is 65.1. The number of hydrogen-bond acceptors (Lipinski definition) is 13. The minimum Gasteiger partial charge on any atom is -0.459 e. The van der Waals surface area contributed by atoms with E-state index in [1.807, 2.05) is 6.92 Å². The number of aliphatic hydroxyl groups excluding tert-OH is 1. The number of hydrogen-bond donors (Lipinski definition) is 3. The molecule has 0 aromatic heterocycles. The third kappa shape index (κ3) is 7.41. The Bertz CT molecular complexity index is 1300. The summed E-state index contributed by atoms with van der Waals surface area (Å²) in [6.07, 6.45) is -3.25. The average molecular weight is 667 g/mol. The van der Waals surface area contributed by atoms with Gasteiger partial charge in [0.2, 0.25) is 0 Å². The highest BCUT2D eigenvalue weighted by atomic mass is 16.6. The molecule has 3 rings (SSSR count). The van der Waals surface area contributed by atoms with Crippen LogP contribution in [0.15, 0.2) is 22.8 Å². The van der Waals surface area contributed by atoms with E-state index in [1.165, 1.54) is 26.8 Å². The van der Waals surface area contributed by atoms with Crippen molar-refractivity contribution in [3.63, 3.8) is 0 Å². The van der Waals surface area contributed by atoms with Crippen LogP contribution in [0.2, 0.25) is 0 Å². The van der Waals surface area contributed by atoms with E-state index < -0.39 is 89.5 Å². The lowest BCUT2D eigenvalue weighted by Crippen LogP contribution is -2.64. The second-order valence-corrected chi connectivity index (χ2v) is 13.2. The Balaban J connectivity index is 2.23. The molecule has 0 aromatic rings. The average Bonchev–Trinajstić information content (AvgIpc) is 3.32. The van der Waals surface area contributed by atoms with Crippen LogP contribution in [0.3, 0.4) is 0 Å². The van der Waals surface area contributed by atoms with Gasteiger partial charge in [-0.2, -0.15) is 0 Å². The van der Waals surface area contributed by atoms with Gasteiger partial charge in [-0.1, -0.05) is 32.8 Å². The van der Waals surface area contributed by atoms with Crippen molar-refractivity contribution in [3.8, 4) is 0 Å². The summed E-state index contributed by atoms with van der Waals surface area (Å²) in [7, 11) is 0. The Morgan fingerprint density at radius 1 is 1.00 bits per heavy atom. The zero-order valence-electron chi connectivity index (χ0n) is 28.6. The zero-order valence-corrected chi connectivity index (χ0v) is 28.6. The van der Waals surface area contributed by atoms with Crippen LogP contribution in [0.1, 0.15) is 107 Å². The molecule has 2 aliphatic carbocycles. The molecule has 0 aromatic carbocycles. The SMILES string of the molecule is C/C=C(/C)C(=O)O[C@H]1C(C)=C2[C@H]([C@@H]1OC(=O)CC[C@@H](O)CCCC)[C@@](C)(OC(C)=O)C[C@H](OC(=O)CCC)[C@@]1(O)[C@H]2OC(=O)[C@@]1(C)O. The van der Waals surface area contributed by atoms with Crippen LogP contribution in [-0.4, -0.2) is 92.5 Å². The van der Waals surface area contributed by atoms with E-state index in [-0.39, 0.29) is 36.0 Å². The largest absolute Gasteiger partial charge is 0.459 e. The maximum absolute atomic E-state index is 13.4. The molecule has 0 spiro atoms. The molecule has 1 heterocycles. The Morgan fingerprint density at radius 3 is 2.21 bits per heavy atom.